The maximum atomic E-state index is 11.7. The van der Waals surface area contributed by atoms with Crippen LogP contribution in [0.25, 0.3) is 0 Å². The highest BCUT2D eigenvalue weighted by Crippen LogP contribution is 2.22. The van der Waals surface area contributed by atoms with Gasteiger partial charge in [-0.2, -0.15) is 0 Å². The number of rotatable bonds is 3. The maximum Gasteiger partial charge on any atom is 0.198 e. The molecule has 1 heterocycles. The van der Waals surface area contributed by atoms with Crippen molar-refractivity contribution in [3.05, 3.63) is 23.7 Å². The molecule has 0 saturated heterocycles. The fourth-order valence-electron chi connectivity index (χ4n) is 1.29. The Morgan fingerprint density at radius 1 is 1.36 bits per heavy atom. The third kappa shape index (κ3) is 3.02. The van der Waals surface area contributed by atoms with E-state index in [9.17, 15) is 4.79 Å². The highest BCUT2D eigenvalue weighted by Gasteiger charge is 2.19. The first-order valence-electron chi connectivity index (χ1n) is 5.04. The standard InChI is InChI=1S/C12H18O2/c1-5-9-6-7-11(14-9)10(13)8-12(2,3)4/h6-7H,5,8H2,1-4H3. The zero-order valence-corrected chi connectivity index (χ0v) is 9.39. The Labute approximate surface area is 85.3 Å². The topological polar surface area (TPSA) is 30.2 Å². The molecule has 0 aliphatic carbocycles. The van der Waals surface area contributed by atoms with Crippen molar-refractivity contribution >= 4 is 5.78 Å². The van der Waals surface area contributed by atoms with Crippen LogP contribution in [0.3, 0.4) is 0 Å². The van der Waals surface area contributed by atoms with Crippen molar-refractivity contribution in [3.8, 4) is 0 Å². The molecule has 0 aromatic carbocycles. The molecule has 0 saturated carbocycles. The third-order valence-electron chi connectivity index (χ3n) is 1.98. The number of furan rings is 1. The van der Waals surface area contributed by atoms with Gasteiger partial charge in [0.2, 0.25) is 0 Å². The summed E-state index contributed by atoms with van der Waals surface area (Å²) in [6.45, 7) is 8.16. The molecule has 0 atom stereocenters. The molecule has 0 spiro atoms. The Balaban J connectivity index is 2.70. The van der Waals surface area contributed by atoms with Crippen molar-refractivity contribution in [2.24, 2.45) is 5.41 Å². The molecule has 14 heavy (non-hydrogen) atoms. The van der Waals surface area contributed by atoms with E-state index in [4.69, 9.17) is 4.42 Å². The van der Waals surface area contributed by atoms with Crippen LogP contribution in [-0.2, 0) is 6.42 Å². The lowest BCUT2D eigenvalue weighted by Gasteiger charge is -2.15. The van der Waals surface area contributed by atoms with Gasteiger partial charge >= 0.3 is 0 Å². The summed E-state index contributed by atoms with van der Waals surface area (Å²) in [5.74, 6) is 1.47. The van der Waals surface area contributed by atoms with E-state index in [0.29, 0.717) is 12.2 Å². The van der Waals surface area contributed by atoms with Crippen molar-refractivity contribution < 1.29 is 9.21 Å². The van der Waals surface area contributed by atoms with E-state index in [-0.39, 0.29) is 11.2 Å². The smallest absolute Gasteiger partial charge is 0.198 e. The van der Waals surface area contributed by atoms with Crippen LogP contribution in [0.5, 0.6) is 0 Å². The Kier molecular flexibility index (Phi) is 3.14. The van der Waals surface area contributed by atoms with Crippen molar-refractivity contribution in [1.82, 2.24) is 0 Å². The normalized spacial score (nSPS) is 11.7. The predicted molar refractivity (Wildman–Crippen MR) is 56.5 cm³/mol. The minimum Gasteiger partial charge on any atom is -0.458 e. The molecule has 1 aromatic heterocycles. The SMILES string of the molecule is CCc1ccc(C(=O)CC(C)(C)C)o1. The highest BCUT2D eigenvalue weighted by molar-refractivity contribution is 5.93. The fraction of sp³-hybridized carbons (Fsp3) is 0.583. The van der Waals surface area contributed by atoms with Crippen LogP contribution in [0.15, 0.2) is 16.5 Å². The first-order valence-corrected chi connectivity index (χ1v) is 5.04. The lowest BCUT2D eigenvalue weighted by molar-refractivity contribution is 0.0910. The molecule has 1 rings (SSSR count). The maximum absolute atomic E-state index is 11.7. The Morgan fingerprint density at radius 2 is 2.00 bits per heavy atom. The Bertz CT molecular complexity index is 315. The van der Waals surface area contributed by atoms with Crippen molar-refractivity contribution in [2.75, 3.05) is 0 Å². The van der Waals surface area contributed by atoms with Crippen molar-refractivity contribution in [2.45, 2.75) is 40.5 Å². The minimum absolute atomic E-state index is 0.0241. The third-order valence-corrected chi connectivity index (χ3v) is 1.98. The Morgan fingerprint density at radius 3 is 2.43 bits per heavy atom. The molecule has 0 radical (unpaired) electrons. The predicted octanol–water partition coefficient (Wildman–Crippen LogP) is 3.46. The monoisotopic (exact) mass is 194 g/mol. The summed E-state index contributed by atoms with van der Waals surface area (Å²) in [5.41, 5.74) is 0.0241. The Hall–Kier alpha value is -1.05. The lowest BCUT2D eigenvalue weighted by Crippen LogP contribution is -2.12. The molecule has 0 bridgehead atoms. The van der Waals surface area contributed by atoms with Crippen LogP contribution < -0.4 is 0 Å². The van der Waals surface area contributed by atoms with E-state index < -0.39 is 0 Å². The number of hydrogen-bond donors (Lipinski definition) is 0. The van der Waals surface area contributed by atoms with Gasteiger partial charge in [0.1, 0.15) is 5.76 Å². The molecule has 2 heteroatoms. The van der Waals surface area contributed by atoms with Crippen LogP contribution in [0.1, 0.15) is 50.4 Å². The van der Waals surface area contributed by atoms with E-state index in [1.54, 1.807) is 6.07 Å². The first kappa shape index (κ1) is 11.0. The van der Waals surface area contributed by atoms with Gasteiger partial charge in [-0.05, 0) is 17.5 Å². The van der Waals surface area contributed by atoms with E-state index in [0.717, 1.165) is 12.2 Å². The molecule has 0 amide bonds. The van der Waals surface area contributed by atoms with Gasteiger partial charge in [-0.3, -0.25) is 4.79 Å². The first-order chi connectivity index (χ1) is 6.42. The summed E-state index contributed by atoms with van der Waals surface area (Å²) in [7, 11) is 0. The number of Topliss-reactive ketones (excluding diaryl/α,β-unsaturated/α-hetero) is 1. The molecule has 0 fully saturated rings. The van der Waals surface area contributed by atoms with Gasteiger partial charge in [0.15, 0.2) is 11.5 Å². The number of carbonyl (C=O) groups excluding carboxylic acids is 1. The van der Waals surface area contributed by atoms with E-state index in [1.165, 1.54) is 0 Å². The van der Waals surface area contributed by atoms with Crippen LogP contribution in [0.2, 0.25) is 0 Å². The van der Waals surface area contributed by atoms with Gasteiger partial charge in [0, 0.05) is 12.8 Å². The number of carbonyl (C=O) groups is 1. The average molecular weight is 194 g/mol. The van der Waals surface area contributed by atoms with Crippen molar-refractivity contribution in [3.63, 3.8) is 0 Å². The minimum atomic E-state index is 0.0241. The number of hydrogen-bond acceptors (Lipinski definition) is 2. The van der Waals surface area contributed by atoms with E-state index in [1.807, 2.05) is 13.0 Å². The zero-order valence-electron chi connectivity index (χ0n) is 9.39. The summed E-state index contributed by atoms with van der Waals surface area (Å²) in [5, 5.41) is 0. The summed E-state index contributed by atoms with van der Waals surface area (Å²) >= 11 is 0. The number of ketones is 1. The van der Waals surface area contributed by atoms with Gasteiger partial charge in [-0.25, -0.2) is 0 Å². The van der Waals surface area contributed by atoms with Crippen LogP contribution in [0, 0.1) is 5.41 Å². The largest absolute Gasteiger partial charge is 0.458 e. The molecule has 78 valence electrons. The quantitative estimate of drug-likeness (QED) is 0.690. The molecular weight excluding hydrogens is 176 g/mol. The second kappa shape index (κ2) is 3.99. The second-order valence-corrected chi connectivity index (χ2v) is 4.78. The van der Waals surface area contributed by atoms with Crippen LogP contribution >= 0.6 is 0 Å². The van der Waals surface area contributed by atoms with Crippen molar-refractivity contribution in [1.29, 1.82) is 0 Å². The molecule has 0 aliphatic rings. The molecule has 0 unspecified atom stereocenters. The van der Waals surface area contributed by atoms with Gasteiger partial charge in [0.25, 0.3) is 0 Å². The second-order valence-electron chi connectivity index (χ2n) is 4.78. The fourth-order valence-corrected chi connectivity index (χ4v) is 1.29. The van der Waals surface area contributed by atoms with Gasteiger partial charge < -0.3 is 4.42 Å². The highest BCUT2D eigenvalue weighted by atomic mass is 16.3. The molecule has 0 aliphatic heterocycles. The summed E-state index contributed by atoms with van der Waals surface area (Å²) < 4.78 is 5.39. The lowest BCUT2D eigenvalue weighted by atomic mass is 9.89. The number of aryl methyl sites for hydroxylation is 1. The van der Waals surface area contributed by atoms with Crippen LogP contribution in [0.4, 0.5) is 0 Å². The molecular formula is C12H18O2. The van der Waals surface area contributed by atoms with Gasteiger partial charge in [-0.15, -0.1) is 0 Å². The van der Waals surface area contributed by atoms with E-state index >= 15 is 0 Å². The van der Waals surface area contributed by atoms with Crippen LogP contribution in [-0.4, -0.2) is 5.78 Å². The summed E-state index contributed by atoms with van der Waals surface area (Å²) in [6, 6.07) is 3.64. The van der Waals surface area contributed by atoms with E-state index in [2.05, 4.69) is 20.8 Å². The summed E-state index contributed by atoms with van der Waals surface area (Å²) in [6.07, 6.45) is 1.37. The molecule has 0 N–H and O–H groups in total. The zero-order chi connectivity index (χ0) is 10.8. The molecule has 2 nitrogen and oxygen atoms in total. The van der Waals surface area contributed by atoms with Gasteiger partial charge in [0.05, 0.1) is 0 Å². The average Bonchev–Trinajstić information content (AvgIpc) is 2.48. The summed E-state index contributed by atoms with van der Waals surface area (Å²) in [4.78, 5) is 11.7. The van der Waals surface area contributed by atoms with Gasteiger partial charge in [-0.1, -0.05) is 27.7 Å². The molecule has 1 aromatic rings.